The summed E-state index contributed by atoms with van der Waals surface area (Å²) in [5.41, 5.74) is 2.11. The number of aliphatic hydroxyl groups is 1. The Kier molecular flexibility index (Phi) is 6.31. The number of halogens is 2. The Morgan fingerprint density at radius 2 is 1.17 bits per heavy atom. The van der Waals surface area contributed by atoms with Crippen LogP contribution < -0.4 is 4.46 Å². The number of hydrogen-bond acceptors (Lipinski definition) is 1. The Bertz CT molecular complexity index is 773. The molecule has 0 bridgehead atoms. The van der Waals surface area contributed by atoms with Crippen molar-refractivity contribution in [2.75, 3.05) is 0 Å². The molecule has 0 heterocycles. The summed E-state index contributed by atoms with van der Waals surface area (Å²) in [4.78, 5) is 0.0641. The minimum absolute atomic E-state index is 0.0641. The van der Waals surface area contributed by atoms with Gasteiger partial charge in [0.2, 0.25) is 0 Å². The van der Waals surface area contributed by atoms with Gasteiger partial charge in [-0.2, -0.15) is 0 Å². The van der Waals surface area contributed by atoms with Gasteiger partial charge in [0, 0.05) is 0 Å². The van der Waals surface area contributed by atoms with E-state index in [1.54, 1.807) is 0 Å². The van der Waals surface area contributed by atoms with Crippen molar-refractivity contribution in [2.24, 2.45) is 0 Å². The van der Waals surface area contributed by atoms with Crippen LogP contribution in [0.1, 0.15) is 22.0 Å². The molecule has 0 aliphatic rings. The van der Waals surface area contributed by atoms with Gasteiger partial charge in [-0.05, 0) is 0 Å². The third kappa shape index (κ3) is 4.59. The zero-order chi connectivity index (χ0) is 16.9. The summed E-state index contributed by atoms with van der Waals surface area (Å²) >= 11 is 7.07. The molecule has 0 aliphatic heterocycles. The van der Waals surface area contributed by atoms with Crippen molar-refractivity contribution in [1.82, 2.24) is 0 Å². The topological polar surface area (TPSA) is 20.2 Å². The van der Waals surface area contributed by atoms with Crippen LogP contribution in [-0.4, -0.2) is 20.1 Å². The van der Waals surface area contributed by atoms with Gasteiger partial charge in [0.05, 0.1) is 0 Å². The van der Waals surface area contributed by atoms with Gasteiger partial charge >= 0.3 is 166 Å². The molecule has 2 atom stereocenters. The molecular formula is C20H16Br2OSe. The molecule has 3 rings (SSSR count). The predicted molar refractivity (Wildman–Crippen MR) is 108 cm³/mol. The van der Waals surface area contributed by atoms with Crippen LogP contribution in [0, 0.1) is 0 Å². The second-order valence-corrected chi connectivity index (χ2v) is 9.78. The zero-order valence-corrected chi connectivity index (χ0v) is 17.7. The van der Waals surface area contributed by atoms with Gasteiger partial charge in [-0.25, -0.2) is 0 Å². The Hall–Kier alpha value is -0.901. The molecule has 3 aromatic rings. The van der Waals surface area contributed by atoms with Crippen LogP contribution in [-0.2, 0) is 0 Å². The molecule has 0 fully saturated rings. The van der Waals surface area contributed by atoms with E-state index in [-0.39, 0.29) is 19.8 Å². The first kappa shape index (κ1) is 17.9. The van der Waals surface area contributed by atoms with Gasteiger partial charge in [0.25, 0.3) is 0 Å². The standard InChI is InChI=1S/C20H16Br2OSe/c21-16-10-6-14(7-11-16)19(23)20(15-8-12-17(22)13-9-15)24-18-4-2-1-3-5-18/h1-13,19-20,23H/t19-,20-/m1/s1. The molecule has 4 heteroatoms. The summed E-state index contributed by atoms with van der Waals surface area (Å²) in [6, 6.07) is 26.6. The van der Waals surface area contributed by atoms with Crippen molar-refractivity contribution in [3.63, 3.8) is 0 Å². The average molecular weight is 511 g/mol. The summed E-state index contributed by atoms with van der Waals surface area (Å²) in [6.07, 6.45) is -0.528. The Balaban J connectivity index is 1.94. The van der Waals surface area contributed by atoms with Gasteiger partial charge in [0.1, 0.15) is 0 Å². The third-order valence-electron chi connectivity index (χ3n) is 3.70. The summed E-state index contributed by atoms with van der Waals surface area (Å²) in [7, 11) is 0. The molecule has 0 amide bonds. The van der Waals surface area contributed by atoms with E-state index in [9.17, 15) is 5.11 Å². The van der Waals surface area contributed by atoms with E-state index >= 15 is 0 Å². The molecule has 24 heavy (non-hydrogen) atoms. The van der Waals surface area contributed by atoms with Gasteiger partial charge in [-0.1, -0.05) is 0 Å². The van der Waals surface area contributed by atoms with E-state index in [2.05, 4.69) is 68.3 Å². The quantitative estimate of drug-likeness (QED) is 0.478. The van der Waals surface area contributed by atoms with Crippen LogP contribution in [0.5, 0.6) is 0 Å². The Morgan fingerprint density at radius 3 is 1.71 bits per heavy atom. The fourth-order valence-electron chi connectivity index (χ4n) is 2.45. The fourth-order valence-corrected chi connectivity index (χ4v) is 5.47. The monoisotopic (exact) mass is 510 g/mol. The second-order valence-electron chi connectivity index (χ2n) is 5.40. The molecule has 0 aliphatic carbocycles. The first-order chi connectivity index (χ1) is 11.6. The van der Waals surface area contributed by atoms with Crippen LogP contribution in [0.2, 0.25) is 0 Å². The minimum atomic E-state index is -0.528. The summed E-state index contributed by atoms with van der Waals surface area (Å²) in [5.74, 6) is 0. The molecule has 0 radical (unpaired) electrons. The van der Waals surface area contributed by atoms with E-state index in [1.165, 1.54) is 4.46 Å². The predicted octanol–water partition coefficient (Wildman–Crippen LogP) is 5.02. The van der Waals surface area contributed by atoms with Crippen molar-refractivity contribution in [2.45, 2.75) is 10.9 Å². The first-order valence-electron chi connectivity index (χ1n) is 7.54. The van der Waals surface area contributed by atoms with E-state index in [1.807, 2.05) is 42.5 Å². The molecular weight excluding hydrogens is 495 g/mol. The average Bonchev–Trinajstić information content (AvgIpc) is 2.62. The molecule has 0 unspecified atom stereocenters. The maximum absolute atomic E-state index is 11.0. The van der Waals surface area contributed by atoms with Crippen molar-refractivity contribution < 1.29 is 5.11 Å². The fraction of sp³-hybridized carbons (Fsp3) is 0.100. The van der Waals surface area contributed by atoms with Crippen molar-refractivity contribution >= 4 is 51.3 Å². The molecule has 0 spiro atoms. The summed E-state index contributed by atoms with van der Waals surface area (Å²) in [6.45, 7) is 0. The molecule has 0 aromatic heterocycles. The molecule has 3 aromatic carbocycles. The van der Waals surface area contributed by atoms with Crippen molar-refractivity contribution in [3.8, 4) is 0 Å². The Morgan fingerprint density at radius 1 is 0.667 bits per heavy atom. The van der Waals surface area contributed by atoms with E-state index in [4.69, 9.17) is 0 Å². The van der Waals surface area contributed by atoms with Crippen LogP contribution in [0.25, 0.3) is 0 Å². The van der Waals surface area contributed by atoms with E-state index < -0.39 is 6.10 Å². The molecule has 1 nitrogen and oxygen atoms in total. The first-order valence-corrected chi connectivity index (χ1v) is 11.0. The van der Waals surface area contributed by atoms with Gasteiger partial charge < -0.3 is 0 Å². The maximum atomic E-state index is 11.0. The second kappa shape index (κ2) is 8.46. The van der Waals surface area contributed by atoms with Crippen LogP contribution in [0.3, 0.4) is 0 Å². The molecule has 1 N–H and O–H groups in total. The third-order valence-corrected chi connectivity index (χ3v) is 7.55. The van der Waals surface area contributed by atoms with Gasteiger partial charge in [-0.15, -0.1) is 0 Å². The molecule has 0 saturated heterocycles. The normalized spacial score (nSPS) is 13.5. The SMILES string of the molecule is O[C@H](c1ccc(Br)cc1)[C@H]([Se]c1ccccc1)c1ccc(Br)cc1. The number of hydrogen-bond donors (Lipinski definition) is 1. The van der Waals surface area contributed by atoms with Crippen LogP contribution in [0.4, 0.5) is 0 Å². The number of aliphatic hydroxyl groups excluding tert-OH is 1. The van der Waals surface area contributed by atoms with Gasteiger partial charge in [-0.3, -0.25) is 0 Å². The Labute approximate surface area is 165 Å². The van der Waals surface area contributed by atoms with Crippen LogP contribution in [0.15, 0.2) is 87.8 Å². The summed E-state index contributed by atoms with van der Waals surface area (Å²) in [5, 5.41) is 11.0. The van der Waals surface area contributed by atoms with Crippen molar-refractivity contribution in [3.05, 3.63) is 98.9 Å². The van der Waals surface area contributed by atoms with Gasteiger partial charge in [0.15, 0.2) is 0 Å². The number of benzene rings is 3. The van der Waals surface area contributed by atoms with Crippen LogP contribution >= 0.6 is 31.9 Å². The van der Waals surface area contributed by atoms with E-state index in [0.29, 0.717) is 0 Å². The van der Waals surface area contributed by atoms with E-state index in [0.717, 1.165) is 20.1 Å². The molecule has 0 saturated carbocycles. The van der Waals surface area contributed by atoms with Crippen molar-refractivity contribution in [1.29, 1.82) is 0 Å². The molecule has 122 valence electrons. The number of rotatable bonds is 5. The zero-order valence-electron chi connectivity index (χ0n) is 12.8. The summed E-state index contributed by atoms with van der Waals surface area (Å²) < 4.78 is 3.36.